The minimum absolute atomic E-state index is 0.108. The Morgan fingerprint density at radius 2 is 2.17 bits per heavy atom. The number of hydrogen-bond acceptors (Lipinski definition) is 2. The van der Waals surface area contributed by atoms with Crippen LogP contribution in [0.3, 0.4) is 0 Å². The second-order valence-corrected chi connectivity index (χ2v) is 6.66. The minimum atomic E-state index is -0.686. The van der Waals surface area contributed by atoms with Crippen molar-refractivity contribution in [1.29, 1.82) is 0 Å². The molecule has 0 bridgehead atoms. The number of carboxylic acid groups (broad SMARTS) is 1. The topological polar surface area (TPSA) is 63.3 Å². The van der Waals surface area contributed by atoms with Crippen LogP contribution in [-0.2, 0) is 4.79 Å². The van der Waals surface area contributed by atoms with E-state index < -0.39 is 5.97 Å². The third-order valence-corrected chi connectivity index (χ3v) is 4.13. The van der Waals surface area contributed by atoms with Crippen molar-refractivity contribution in [3.8, 4) is 0 Å². The fourth-order valence-electron chi connectivity index (χ4n) is 1.03. The van der Waals surface area contributed by atoms with E-state index in [4.69, 9.17) is 10.8 Å². The van der Waals surface area contributed by atoms with Crippen LogP contribution in [-0.4, -0.2) is 19.6 Å². The Morgan fingerprint density at radius 3 is 2.50 bits per heavy atom. The molecule has 0 amide bonds. The van der Waals surface area contributed by atoms with Crippen LogP contribution in [0.5, 0.6) is 0 Å². The maximum atomic E-state index is 10.4. The molecular formula is C8H17INO2-. The molecule has 4 heteroatoms. The molecule has 0 aliphatic rings. The van der Waals surface area contributed by atoms with E-state index in [1.165, 1.54) is 0 Å². The van der Waals surface area contributed by atoms with Crippen molar-refractivity contribution in [2.24, 2.45) is 11.7 Å². The van der Waals surface area contributed by atoms with E-state index in [1.54, 1.807) is 0 Å². The van der Waals surface area contributed by atoms with Gasteiger partial charge in [0.1, 0.15) is 0 Å². The predicted molar refractivity (Wildman–Crippen MR) is 44.6 cm³/mol. The molecule has 1 atom stereocenters. The van der Waals surface area contributed by atoms with E-state index >= 15 is 0 Å². The van der Waals surface area contributed by atoms with E-state index in [-0.39, 0.29) is 21.2 Å². The average Bonchev–Trinajstić information content (AvgIpc) is 1.84. The van der Waals surface area contributed by atoms with Gasteiger partial charge in [-0.3, -0.25) is 0 Å². The summed E-state index contributed by atoms with van der Waals surface area (Å²) in [7, 11) is 0. The van der Waals surface area contributed by atoms with E-state index in [0.29, 0.717) is 20.8 Å². The molecular weight excluding hydrogens is 269 g/mol. The van der Waals surface area contributed by atoms with Gasteiger partial charge in [0.15, 0.2) is 0 Å². The van der Waals surface area contributed by atoms with Crippen molar-refractivity contribution in [1.82, 2.24) is 0 Å². The first-order chi connectivity index (χ1) is 5.56. The van der Waals surface area contributed by atoms with Gasteiger partial charge in [-0.2, -0.15) is 0 Å². The summed E-state index contributed by atoms with van der Waals surface area (Å²) in [5.74, 6) is -0.102. The number of rotatable bonds is 6. The van der Waals surface area contributed by atoms with Gasteiger partial charge in [-0.05, 0) is 0 Å². The standard InChI is InChI=1S/C8H17INO2/c1-6(2)3-7(9-5-10)4-8(11)12/h6-7H,3-5,10H2,1-2H3,(H,11,12)/q-1. The van der Waals surface area contributed by atoms with E-state index in [2.05, 4.69) is 13.8 Å². The predicted octanol–water partition coefficient (Wildman–Crippen LogP) is -2.12. The molecule has 0 spiro atoms. The number of aliphatic carboxylic acids is 1. The summed E-state index contributed by atoms with van der Waals surface area (Å²) in [6, 6.07) is 0. The van der Waals surface area contributed by atoms with Crippen molar-refractivity contribution < 1.29 is 31.1 Å². The third-order valence-electron chi connectivity index (χ3n) is 1.43. The van der Waals surface area contributed by atoms with Crippen LogP contribution in [0.15, 0.2) is 0 Å². The molecule has 0 radical (unpaired) electrons. The van der Waals surface area contributed by atoms with Crippen LogP contribution in [0.25, 0.3) is 0 Å². The zero-order chi connectivity index (χ0) is 9.56. The van der Waals surface area contributed by atoms with Gasteiger partial charge < -0.3 is 0 Å². The number of carbonyl (C=O) groups is 1. The quantitative estimate of drug-likeness (QED) is 0.333. The van der Waals surface area contributed by atoms with Gasteiger partial charge in [-0.25, -0.2) is 0 Å². The zero-order valence-corrected chi connectivity index (χ0v) is 9.74. The van der Waals surface area contributed by atoms with Crippen LogP contribution in [0.4, 0.5) is 0 Å². The Balaban J connectivity index is 3.77. The van der Waals surface area contributed by atoms with Gasteiger partial charge in [0.05, 0.1) is 0 Å². The molecule has 1 unspecified atom stereocenters. The Labute approximate surface area is 84.0 Å². The van der Waals surface area contributed by atoms with Crippen molar-refractivity contribution in [2.75, 3.05) is 4.55 Å². The zero-order valence-electron chi connectivity index (χ0n) is 7.59. The van der Waals surface area contributed by atoms with E-state index in [1.807, 2.05) is 0 Å². The van der Waals surface area contributed by atoms with Crippen LogP contribution >= 0.6 is 0 Å². The first-order valence-corrected chi connectivity index (χ1v) is 6.83. The van der Waals surface area contributed by atoms with Crippen LogP contribution in [0, 0.1) is 5.92 Å². The van der Waals surface area contributed by atoms with Crippen LogP contribution < -0.4 is 26.9 Å². The fourth-order valence-corrected chi connectivity index (χ4v) is 3.81. The van der Waals surface area contributed by atoms with Gasteiger partial charge in [-0.15, -0.1) is 0 Å². The molecule has 0 heterocycles. The van der Waals surface area contributed by atoms with Crippen molar-refractivity contribution in [3.05, 3.63) is 0 Å². The number of hydrogen-bond donors (Lipinski definition) is 2. The molecule has 0 saturated heterocycles. The number of nitrogens with two attached hydrogens (primary N) is 1. The summed E-state index contributed by atoms with van der Waals surface area (Å²) in [5, 5.41) is 8.60. The number of carboxylic acids is 1. The molecule has 0 fully saturated rings. The Hall–Kier alpha value is 0.160. The molecule has 3 nitrogen and oxygen atoms in total. The molecule has 12 heavy (non-hydrogen) atoms. The SMILES string of the molecule is CC(C)CC(CC(=O)O)[I-]CN. The van der Waals surface area contributed by atoms with E-state index in [9.17, 15) is 4.79 Å². The summed E-state index contributed by atoms with van der Waals surface area (Å²) >= 11 is -0.108. The molecule has 3 N–H and O–H groups in total. The summed E-state index contributed by atoms with van der Waals surface area (Å²) in [6.45, 7) is 4.24. The monoisotopic (exact) mass is 286 g/mol. The normalized spacial score (nSPS) is 13.7. The van der Waals surface area contributed by atoms with Crippen LogP contribution in [0.2, 0.25) is 0 Å². The molecule has 0 aromatic heterocycles. The number of halogens is 1. The van der Waals surface area contributed by atoms with Crippen molar-refractivity contribution >= 4 is 5.97 Å². The summed E-state index contributed by atoms with van der Waals surface area (Å²) in [6.07, 6.45) is 1.32. The Morgan fingerprint density at radius 1 is 1.58 bits per heavy atom. The van der Waals surface area contributed by atoms with Crippen LogP contribution in [0.1, 0.15) is 26.7 Å². The van der Waals surface area contributed by atoms with Gasteiger partial charge >= 0.3 is 83.9 Å². The molecule has 74 valence electrons. The molecule has 0 rings (SSSR count). The van der Waals surface area contributed by atoms with Gasteiger partial charge in [-0.1, -0.05) is 0 Å². The third kappa shape index (κ3) is 6.84. The van der Waals surface area contributed by atoms with Crippen molar-refractivity contribution in [3.63, 3.8) is 0 Å². The summed E-state index contributed by atoms with van der Waals surface area (Å²) in [5.41, 5.74) is 5.44. The second kappa shape index (κ2) is 6.65. The van der Waals surface area contributed by atoms with Gasteiger partial charge in [0.2, 0.25) is 0 Å². The first kappa shape index (κ1) is 12.2. The summed E-state index contributed by atoms with van der Waals surface area (Å²) < 4.78 is 1.06. The number of alkyl halides is 2. The maximum absolute atomic E-state index is 10.4. The fraction of sp³-hybridized carbons (Fsp3) is 0.875. The molecule has 0 aromatic carbocycles. The van der Waals surface area contributed by atoms with Crippen molar-refractivity contribution in [2.45, 2.75) is 30.6 Å². The first-order valence-electron chi connectivity index (χ1n) is 4.05. The van der Waals surface area contributed by atoms with Gasteiger partial charge in [0, 0.05) is 0 Å². The average molecular weight is 286 g/mol. The Kier molecular flexibility index (Phi) is 6.74. The van der Waals surface area contributed by atoms with E-state index in [0.717, 1.165) is 6.42 Å². The molecule has 0 aromatic rings. The molecule has 0 aliphatic heterocycles. The van der Waals surface area contributed by atoms with Gasteiger partial charge in [0.25, 0.3) is 0 Å². The molecule has 0 aliphatic carbocycles. The summed E-state index contributed by atoms with van der Waals surface area (Å²) in [4.78, 5) is 10.4. The Bertz CT molecular complexity index is 139. The second-order valence-electron chi connectivity index (χ2n) is 3.13. The molecule has 0 saturated carbocycles.